The van der Waals surface area contributed by atoms with Gasteiger partial charge in [-0.15, -0.1) is 0 Å². The van der Waals surface area contributed by atoms with E-state index in [1.54, 1.807) is 74.5 Å². The maximum absolute atomic E-state index is 14.5. The quantitative estimate of drug-likeness (QED) is 0.0344. The smallest absolute Gasteiger partial charge is 0.305 e. The number of nitrogens with two attached hydrogens (primary N) is 2. The second-order valence-electron chi connectivity index (χ2n) is 18.7. The Morgan fingerprint density at radius 3 is 1.50 bits per heavy atom. The summed E-state index contributed by atoms with van der Waals surface area (Å²) in [4.78, 5) is 170. The molecule has 76 heavy (non-hydrogen) atoms. The number of hydrogen-bond donors (Lipinski definition) is 12. The number of carboxylic acid groups (broad SMARTS) is 3. The monoisotopic (exact) mass is 1060 g/mol. The van der Waals surface area contributed by atoms with Crippen LogP contribution in [0.5, 0.6) is 0 Å². The highest BCUT2D eigenvalue weighted by molar-refractivity contribution is 6.00. The Labute approximate surface area is 437 Å². The zero-order chi connectivity index (χ0) is 56.8. The van der Waals surface area contributed by atoms with Crippen LogP contribution < -0.4 is 48.7 Å². The highest BCUT2D eigenvalue weighted by Gasteiger charge is 2.41. The molecule has 0 radical (unpaired) electrons. The van der Waals surface area contributed by atoms with Crippen LogP contribution in [0.2, 0.25) is 0 Å². The largest absolute Gasteiger partial charge is 0.481 e. The zero-order valence-electron chi connectivity index (χ0n) is 42.5. The van der Waals surface area contributed by atoms with Crippen molar-refractivity contribution in [2.45, 2.75) is 140 Å². The number of carbonyl (C=O) groups is 13. The van der Waals surface area contributed by atoms with E-state index in [0.717, 1.165) is 4.90 Å². The average Bonchev–Trinajstić information content (AvgIpc) is 3.86. The summed E-state index contributed by atoms with van der Waals surface area (Å²) in [7, 11) is 0. The van der Waals surface area contributed by atoms with Crippen molar-refractivity contribution in [2.24, 2.45) is 23.3 Å². The van der Waals surface area contributed by atoms with E-state index in [-0.39, 0.29) is 44.4 Å². The number of rotatable bonds is 31. The van der Waals surface area contributed by atoms with Crippen LogP contribution in [0.3, 0.4) is 0 Å². The van der Waals surface area contributed by atoms with Gasteiger partial charge in [-0.3, -0.25) is 57.5 Å². The van der Waals surface area contributed by atoms with E-state index < -0.39 is 157 Å². The first-order valence-electron chi connectivity index (χ1n) is 24.5. The summed E-state index contributed by atoms with van der Waals surface area (Å²) in [6.07, 6.45) is -3.10. The summed E-state index contributed by atoms with van der Waals surface area (Å²) in [5.41, 5.74) is 12.1. The van der Waals surface area contributed by atoms with E-state index in [9.17, 15) is 77.6 Å². The number of likely N-dealkylation sites (tertiary alicyclic amines) is 1. The number of aldehydes is 1. The predicted octanol–water partition coefficient (Wildman–Crippen LogP) is -2.62. The molecule has 14 N–H and O–H groups in total. The fourth-order valence-electron chi connectivity index (χ4n) is 8.04. The van der Waals surface area contributed by atoms with Crippen LogP contribution in [0.4, 0.5) is 0 Å². The molecule has 1 aliphatic rings. The average molecular weight is 1070 g/mol. The summed E-state index contributed by atoms with van der Waals surface area (Å²) in [6, 6.07) is 2.50. The second-order valence-corrected chi connectivity index (χ2v) is 18.7. The molecule has 0 unspecified atom stereocenters. The maximum atomic E-state index is 14.5. The van der Waals surface area contributed by atoms with Gasteiger partial charge in [0.1, 0.15) is 48.6 Å². The lowest BCUT2D eigenvalue weighted by Gasteiger charge is -2.31. The highest BCUT2D eigenvalue weighted by atomic mass is 16.4. The van der Waals surface area contributed by atoms with Crippen molar-refractivity contribution < 1.29 is 77.6 Å². The molecule has 10 atom stereocenters. The molecule has 26 nitrogen and oxygen atoms in total. The van der Waals surface area contributed by atoms with Crippen LogP contribution in [0.25, 0.3) is 0 Å². The number of amides is 9. The second kappa shape index (κ2) is 30.2. The Kier molecular flexibility index (Phi) is 24.6. The predicted molar refractivity (Wildman–Crippen MR) is 267 cm³/mol. The van der Waals surface area contributed by atoms with Crippen molar-refractivity contribution in [3.63, 3.8) is 0 Å². The lowest BCUT2D eigenvalue weighted by atomic mass is 9.98. The zero-order valence-corrected chi connectivity index (χ0v) is 42.5. The molecule has 0 aromatic heterocycles. The minimum Gasteiger partial charge on any atom is -0.481 e. The first-order chi connectivity index (χ1) is 35.8. The Hall–Kier alpha value is -8.29. The summed E-state index contributed by atoms with van der Waals surface area (Å²) in [5.74, 6) is -14.6. The molecule has 2 aromatic carbocycles. The van der Waals surface area contributed by atoms with Crippen LogP contribution in [0, 0.1) is 11.8 Å². The van der Waals surface area contributed by atoms with E-state index in [4.69, 9.17) is 11.5 Å². The van der Waals surface area contributed by atoms with E-state index in [1.165, 1.54) is 13.8 Å². The Bertz CT molecular complexity index is 2430. The van der Waals surface area contributed by atoms with Crippen molar-refractivity contribution in [1.29, 1.82) is 0 Å². The molecule has 9 amide bonds. The molecule has 0 aliphatic carbocycles. The SMILES string of the molecule is CC[C@H](C)[C@H](N)C(=O)N[C@@H](CC(=O)O)C(=O)N[C@H](C(=O)N[C@@H](Cc1ccccc1)C(=O)N[C@@H](CC(=O)O)C(=O)N[C@@H](Cc1ccccc1)C(=O)N1CCC[C@H]1C(=O)N[C@@H](CC(=O)O)C(=O)N[C@H](C=O)CC(N)=O)C(C)C. The molecule has 414 valence electrons. The fourth-order valence-corrected chi connectivity index (χ4v) is 8.04. The normalized spacial score (nSPS) is 16.6. The number of nitrogens with zero attached hydrogens (tertiary/aromatic N) is 1. The number of carbonyl (C=O) groups excluding carboxylic acids is 10. The molecule has 3 rings (SSSR count). The van der Waals surface area contributed by atoms with Crippen LogP contribution in [0.15, 0.2) is 60.7 Å². The topological polar surface area (TPSA) is 422 Å². The van der Waals surface area contributed by atoms with Crippen LogP contribution in [-0.4, -0.2) is 158 Å². The summed E-state index contributed by atoms with van der Waals surface area (Å²) >= 11 is 0. The van der Waals surface area contributed by atoms with Crippen molar-refractivity contribution in [1.82, 2.24) is 42.1 Å². The molecular weight excluding hydrogens is 997 g/mol. The van der Waals surface area contributed by atoms with E-state index in [1.807, 2.05) is 0 Å². The minimum atomic E-state index is -1.92. The number of primary amides is 1. The van der Waals surface area contributed by atoms with Gasteiger partial charge in [0.2, 0.25) is 53.2 Å². The third-order valence-electron chi connectivity index (χ3n) is 12.4. The maximum Gasteiger partial charge on any atom is 0.305 e. The highest BCUT2D eigenvalue weighted by Crippen LogP contribution is 2.21. The molecule has 0 spiro atoms. The number of nitrogens with one attached hydrogen (secondary N) is 7. The van der Waals surface area contributed by atoms with Gasteiger partial charge in [-0.05, 0) is 35.8 Å². The van der Waals surface area contributed by atoms with E-state index >= 15 is 0 Å². The molecule has 0 bridgehead atoms. The van der Waals surface area contributed by atoms with Crippen LogP contribution in [0.1, 0.15) is 83.8 Å². The number of aliphatic carboxylic acids is 3. The van der Waals surface area contributed by atoms with Gasteiger partial charge in [-0.25, -0.2) is 0 Å². The molecule has 1 fully saturated rings. The minimum absolute atomic E-state index is 0.00373. The van der Waals surface area contributed by atoms with Crippen molar-refractivity contribution >= 4 is 77.4 Å². The third-order valence-corrected chi connectivity index (χ3v) is 12.4. The van der Waals surface area contributed by atoms with Gasteiger partial charge in [-0.2, -0.15) is 0 Å². The van der Waals surface area contributed by atoms with E-state index in [0.29, 0.717) is 17.5 Å². The molecule has 0 saturated carbocycles. The Morgan fingerprint density at radius 2 is 1.03 bits per heavy atom. The van der Waals surface area contributed by atoms with Crippen LogP contribution >= 0.6 is 0 Å². The lowest BCUT2D eigenvalue weighted by Crippen LogP contribution is -2.61. The van der Waals surface area contributed by atoms with E-state index in [2.05, 4.69) is 37.2 Å². The van der Waals surface area contributed by atoms with Crippen molar-refractivity contribution in [3.05, 3.63) is 71.8 Å². The molecule has 1 aliphatic heterocycles. The number of benzene rings is 2. The molecular formula is C50H68N10O16. The molecule has 1 heterocycles. The van der Waals surface area contributed by atoms with Gasteiger partial charge in [0.15, 0.2) is 0 Å². The fraction of sp³-hybridized carbons (Fsp3) is 0.500. The number of carboxylic acids is 3. The molecule has 1 saturated heterocycles. The number of hydrogen-bond acceptors (Lipinski definition) is 14. The van der Waals surface area contributed by atoms with Gasteiger partial charge < -0.3 is 73.7 Å². The van der Waals surface area contributed by atoms with Crippen molar-refractivity contribution in [3.8, 4) is 0 Å². The van der Waals surface area contributed by atoms with Gasteiger partial charge >= 0.3 is 17.9 Å². The van der Waals surface area contributed by atoms with Crippen LogP contribution in [-0.2, 0) is 75.2 Å². The van der Waals surface area contributed by atoms with Crippen molar-refractivity contribution in [2.75, 3.05) is 6.54 Å². The first-order valence-corrected chi connectivity index (χ1v) is 24.5. The van der Waals surface area contributed by atoms with Gasteiger partial charge in [0.25, 0.3) is 0 Å². The summed E-state index contributed by atoms with van der Waals surface area (Å²) < 4.78 is 0. The Balaban J connectivity index is 1.94. The Morgan fingerprint density at radius 1 is 0.592 bits per heavy atom. The molecule has 2 aromatic rings. The van der Waals surface area contributed by atoms with Gasteiger partial charge in [-0.1, -0.05) is 94.8 Å². The third kappa shape index (κ3) is 19.9. The summed E-state index contributed by atoms with van der Waals surface area (Å²) in [6.45, 7) is 6.47. The first kappa shape index (κ1) is 62.0. The van der Waals surface area contributed by atoms with Gasteiger partial charge in [0, 0.05) is 19.4 Å². The standard InChI is InChI=1S/C50H68N10O16/c1-5-27(4)41(52)48(74)56-34(24-40(67)68)46(72)59-42(26(2)3)49(75)57-31(19-28-13-8-6-9-14-28)44(70)54-33(23-39(65)66)45(71)58-35(20-29-15-10-7-11-16-29)50(76)60-18-12-17-36(60)47(73)55-32(22-38(63)64)43(69)53-30(25-61)21-37(51)62/h6-11,13-16,25-27,30-36,41-42H,5,12,17-24,52H2,1-4H3,(H2,51,62)(H,53,69)(H,54,70)(H,55,73)(H,56,74)(H,57,75)(H,58,71)(H,59,72)(H,63,64)(H,65,66)(H,67,68)/t27-,30-,31-,32-,33-,34-,35-,36-,41-,42-/m0/s1. The summed E-state index contributed by atoms with van der Waals surface area (Å²) in [5, 5.41) is 45.8. The van der Waals surface area contributed by atoms with Gasteiger partial charge in [0.05, 0.1) is 37.8 Å². The lowest BCUT2D eigenvalue weighted by molar-refractivity contribution is -0.145. The molecule has 26 heteroatoms.